The molecule has 144 valence electrons. The second-order valence-electron chi connectivity index (χ2n) is 7.17. The number of carbonyl (C=O) groups excluding carboxylic acids is 2. The SMILES string of the molecule is Cc1cc(CC(=O)N2CCN(C(=O)CCc3ccc(F)cc3)CC2)c(C)[nH]1. The highest BCUT2D eigenvalue weighted by atomic mass is 19.1. The summed E-state index contributed by atoms with van der Waals surface area (Å²) in [7, 11) is 0. The number of nitrogens with one attached hydrogen (secondary N) is 1. The van der Waals surface area contributed by atoms with Crippen LogP contribution in [0, 0.1) is 19.7 Å². The molecule has 2 amide bonds. The van der Waals surface area contributed by atoms with Crippen LogP contribution in [0.3, 0.4) is 0 Å². The Labute approximate surface area is 159 Å². The van der Waals surface area contributed by atoms with Gasteiger partial charge in [-0.15, -0.1) is 0 Å². The van der Waals surface area contributed by atoms with Gasteiger partial charge in [0.05, 0.1) is 6.42 Å². The van der Waals surface area contributed by atoms with Crippen LogP contribution in [0.25, 0.3) is 0 Å². The summed E-state index contributed by atoms with van der Waals surface area (Å²) in [4.78, 5) is 31.8. The fourth-order valence-electron chi connectivity index (χ4n) is 3.51. The monoisotopic (exact) mass is 371 g/mol. The minimum absolute atomic E-state index is 0.0866. The molecule has 3 rings (SSSR count). The number of aromatic amines is 1. The molecule has 0 bridgehead atoms. The van der Waals surface area contributed by atoms with Crippen LogP contribution in [-0.2, 0) is 22.4 Å². The molecule has 2 aromatic rings. The maximum absolute atomic E-state index is 12.9. The van der Waals surface area contributed by atoms with Crippen molar-refractivity contribution >= 4 is 11.8 Å². The predicted octanol–water partition coefficient (Wildman–Crippen LogP) is 2.62. The van der Waals surface area contributed by atoms with Crippen molar-refractivity contribution in [3.63, 3.8) is 0 Å². The van der Waals surface area contributed by atoms with Crippen LogP contribution in [0.4, 0.5) is 4.39 Å². The Bertz CT molecular complexity index is 805. The van der Waals surface area contributed by atoms with Crippen LogP contribution in [0.15, 0.2) is 30.3 Å². The molecule has 6 heteroatoms. The van der Waals surface area contributed by atoms with Crippen molar-refractivity contribution in [1.82, 2.24) is 14.8 Å². The van der Waals surface area contributed by atoms with Crippen LogP contribution >= 0.6 is 0 Å². The molecule has 27 heavy (non-hydrogen) atoms. The van der Waals surface area contributed by atoms with Crippen molar-refractivity contribution in [3.05, 3.63) is 58.7 Å². The molecule has 1 aliphatic rings. The number of aryl methyl sites for hydroxylation is 3. The maximum atomic E-state index is 12.9. The summed E-state index contributed by atoms with van der Waals surface area (Å²) in [6.07, 6.45) is 1.40. The highest BCUT2D eigenvalue weighted by Gasteiger charge is 2.24. The van der Waals surface area contributed by atoms with E-state index >= 15 is 0 Å². The number of hydrogen-bond donors (Lipinski definition) is 1. The second kappa shape index (κ2) is 8.37. The van der Waals surface area contributed by atoms with Gasteiger partial charge in [-0.25, -0.2) is 4.39 Å². The molecule has 1 aromatic heterocycles. The number of nitrogens with zero attached hydrogens (tertiary/aromatic N) is 2. The molecule has 1 fully saturated rings. The third kappa shape index (κ3) is 4.96. The number of benzene rings is 1. The van der Waals surface area contributed by atoms with Gasteiger partial charge in [0, 0.05) is 44.0 Å². The molecule has 1 aromatic carbocycles. The Balaban J connectivity index is 1.45. The van der Waals surface area contributed by atoms with E-state index in [0.717, 1.165) is 22.5 Å². The molecular formula is C21H26FN3O2. The van der Waals surface area contributed by atoms with Gasteiger partial charge in [0.25, 0.3) is 0 Å². The van der Waals surface area contributed by atoms with E-state index in [0.29, 0.717) is 45.4 Å². The lowest BCUT2D eigenvalue weighted by Crippen LogP contribution is -2.51. The zero-order valence-electron chi connectivity index (χ0n) is 15.9. The van der Waals surface area contributed by atoms with Gasteiger partial charge in [0.2, 0.25) is 11.8 Å². The van der Waals surface area contributed by atoms with Gasteiger partial charge < -0.3 is 14.8 Å². The predicted molar refractivity (Wildman–Crippen MR) is 102 cm³/mol. The van der Waals surface area contributed by atoms with E-state index in [4.69, 9.17) is 0 Å². The first-order valence-electron chi connectivity index (χ1n) is 9.37. The van der Waals surface area contributed by atoms with Gasteiger partial charge in [-0.05, 0) is 49.6 Å². The van der Waals surface area contributed by atoms with Crippen molar-refractivity contribution < 1.29 is 14.0 Å². The first-order chi connectivity index (χ1) is 12.9. The van der Waals surface area contributed by atoms with Gasteiger partial charge in [0.15, 0.2) is 0 Å². The number of amides is 2. The highest BCUT2D eigenvalue weighted by Crippen LogP contribution is 2.13. The van der Waals surface area contributed by atoms with E-state index in [-0.39, 0.29) is 17.6 Å². The van der Waals surface area contributed by atoms with Gasteiger partial charge in [-0.2, -0.15) is 0 Å². The van der Waals surface area contributed by atoms with E-state index < -0.39 is 0 Å². The van der Waals surface area contributed by atoms with E-state index in [9.17, 15) is 14.0 Å². The molecule has 2 heterocycles. The van der Waals surface area contributed by atoms with Gasteiger partial charge in [-0.1, -0.05) is 12.1 Å². The van der Waals surface area contributed by atoms with Crippen LogP contribution < -0.4 is 0 Å². The second-order valence-corrected chi connectivity index (χ2v) is 7.17. The number of H-pyrrole nitrogens is 1. The van der Waals surface area contributed by atoms with Crippen LogP contribution in [0.2, 0.25) is 0 Å². The van der Waals surface area contributed by atoms with Crippen molar-refractivity contribution in [2.45, 2.75) is 33.1 Å². The summed E-state index contributed by atoms with van der Waals surface area (Å²) in [5.74, 6) is -0.0742. The Kier molecular flexibility index (Phi) is 5.94. The average molecular weight is 371 g/mol. The van der Waals surface area contributed by atoms with E-state index in [2.05, 4.69) is 4.98 Å². The third-order valence-corrected chi connectivity index (χ3v) is 5.12. The van der Waals surface area contributed by atoms with Gasteiger partial charge in [-0.3, -0.25) is 9.59 Å². The quantitative estimate of drug-likeness (QED) is 0.878. The van der Waals surface area contributed by atoms with Crippen molar-refractivity contribution in [2.75, 3.05) is 26.2 Å². The zero-order chi connectivity index (χ0) is 19.4. The van der Waals surface area contributed by atoms with E-state index in [1.807, 2.05) is 29.7 Å². The van der Waals surface area contributed by atoms with Gasteiger partial charge >= 0.3 is 0 Å². The maximum Gasteiger partial charge on any atom is 0.227 e. The first kappa shape index (κ1) is 19.1. The molecular weight excluding hydrogens is 345 g/mol. The van der Waals surface area contributed by atoms with Crippen molar-refractivity contribution in [3.8, 4) is 0 Å². The highest BCUT2D eigenvalue weighted by molar-refractivity contribution is 5.80. The fourth-order valence-corrected chi connectivity index (χ4v) is 3.51. The van der Waals surface area contributed by atoms with Gasteiger partial charge in [0.1, 0.15) is 5.82 Å². The normalized spacial score (nSPS) is 14.5. The lowest BCUT2D eigenvalue weighted by atomic mass is 10.1. The summed E-state index contributed by atoms with van der Waals surface area (Å²) in [6, 6.07) is 8.27. The lowest BCUT2D eigenvalue weighted by Gasteiger charge is -2.35. The van der Waals surface area contributed by atoms with E-state index in [1.54, 1.807) is 12.1 Å². The number of aromatic nitrogens is 1. The van der Waals surface area contributed by atoms with E-state index in [1.165, 1.54) is 12.1 Å². The number of piperazine rings is 1. The largest absolute Gasteiger partial charge is 0.362 e. The Morgan fingerprint density at radius 2 is 1.59 bits per heavy atom. The molecule has 0 unspecified atom stereocenters. The molecule has 0 atom stereocenters. The van der Waals surface area contributed by atoms with Crippen LogP contribution in [-0.4, -0.2) is 52.8 Å². The van der Waals surface area contributed by atoms with Crippen molar-refractivity contribution in [2.24, 2.45) is 0 Å². The molecule has 5 nitrogen and oxygen atoms in total. The average Bonchev–Trinajstić information content (AvgIpc) is 2.98. The molecule has 0 radical (unpaired) electrons. The number of rotatable bonds is 5. The topological polar surface area (TPSA) is 56.4 Å². The fraction of sp³-hybridized carbons (Fsp3) is 0.429. The summed E-state index contributed by atoms with van der Waals surface area (Å²) in [5.41, 5.74) is 4.09. The Morgan fingerprint density at radius 3 is 2.15 bits per heavy atom. The summed E-state index contributed by atoms with van der Waals surface area (Å²) in [5, 5.41) is 0. The molecule has 1 aliphatic heterocycles. The molecule has 1 saturated heterocycles. The summed E-state index contributed by atoms with van der Waals surface area (Å²) in [6.45, 7) is 6.25. The smallest absolute Gasteiger partial charge is 0.227 e. The Hall–Kier alpha value is -2.63. The number of carbonyl (C=O) groups is 2. The molecule has 0 spiro atoms. The van der Waals surface area contributed by atoms with Crippen molar-refractivity contribution in [1.29, 1.82) is 0 Å². The van der Waals surface area contributed by atoms with Crippen LogP contribution in [0.5, 0.6) is 0 Å². The first-order valence-corrected chi connectivity index (χ1v) is 9.37. The van der Waals surface area contributed by atoms with Crippen LogP contribution in [0.1, 0.15) is 28.9 Å². The minimum atomic E-state index is -0.268. The zero-order valence-corrected chi connectivity index (χ0v) is 15.9. The summed E-state index contributed by atoms with van der Waals surface area (Å²) >= 11 is 0. The Morgan fingerprint density at radius 1 is 1.00 bits per heavy atom. The molecule has 1 N–H and O–H groups in total. The third-order valence-electron chi connectivity index (χ3n) is 5.12. The lowest BCUT2D eigenvalue weighted by molar-refractivity contribution is -0.139. The summed E-state index contributed by atoms with van der Waals surface area (Å²) < 4.78 is 12.9. The number of hydrogen-bond acceptors (Lipinski definition) is 2. The minimum Gasteiger partial charge on any atom is -0.362 e. The standard InChI is InChI=1S/C21H26FN3O2/c1-15-13-18(16(2)23-15)14-21(27)25-11-9-24(10-12-25)20(26)8-5-17-3-6-19(22)7-4-17/h3-4,6-7,13,23H,5,8-12,14H2,1-2H3. The molecule has 0 saturated carbocycles. The molecule has 0 aliphatic carbocycles. The number of halogens is 1.